The van der Waals surface area contributed by atoms with E-state index in [2.05, 4.69) is 10.3 Å². The molecule has 0 fully saturated rings. The Morgan fingerprint density at radius 3 is 2.74 bits per heavy atom. The second kappa shape index (κ2) is 6.52. The molecule has 0 aliphatic rings. The summed E-state index contributed by atoms with van der Waals surface area (Å²) in [5.74, 6) is 0.738. The summed E-state index contributed by atoms with van der Waals surface area (Å²) in [5, 5.41) is 2.85. The first-order valence-corrected chi connectivity index (χ1v) is 6.57. The molecule has 0 spiro atoms. The lowest BCUT2D eigenvalue weighted by Crippen LogP contribution is -2.51. The van der Waals surface area contributed by atoms with Gasteiger partial charge in [-0.05, 0) is 25.5 Å². The third-order valence-electron chi connectivity index (χ3n) is 2.97. The second-order valence-corrected chi connectivity index (χ2v) is 5.23. The van der Waals surface area contributed by atoms with Gasteiger partial charge >= 0.3 is 0 Å². The molecule has 5 nitrogen and oxygen atoms in total. The Hall–Kier alpha value is -1.62. The number of hydrogen-bond acceptors (Lipinski definition) is 4. The number of nitrogens with zero attached hydrogens (tertiary/aromatic N) is 2. The molecule has 0 bridgehead atoms. The highest BCUT2D eigenvalue weighted by Crippen LogP contribution is 2.10. The average molecular weight is 264 g/mol. The van der Waals surface area contributed by atoms with Crippen molar-refractivity contribution in [2.45, 2.75) is 38.8 Å². The zero-order chi connectivity index (χ0) is 14.5. The summed E-state index contributed by atoms with van der Waals surface area (Å²) >= 11 is 0. The maximum Gasteiger partial charge on any atom is 0.240 e. The van der Waals surface area contributed by atoms with E-state index in [0.29, 0.717) is 13.0 Å². The molecule has 19 heavy (non-hydrogen) atoms. The molecule has 5 heteroatoms. The largest absolute Gasteiger partial charge is 0.363 e. The number of pyridine rings is 1. The van der Waals surface area contributed by atoms with Crippen molar-refractivity contribution in [1.29, 1.82) is 0 Å². The van der Waals surface area contributed by atoms with E-state index in [4.69, 9.17) is 5.73 Å². The van der Waals surface area contributed by atoms with Gasteiger partial charge in [0.1, 0.15) is 5.82 Å². The fourth-order valence-electron chi connectivity index (χ4n) is 1.82. The first-order chi connectivity index (χ1) is 8.86. The molecule has 1 rings (SSSR count). The first-order valence-electron chi connectivity index (χ1n) is 6.57. The number of amides is 1. The number of carbonyl (C=O) groups is 1. The van der Waals surface area contributed by atoms with E-state index in [1.54, 1.807) is 6.92 Å². The predicted octanol–water partition coefficient (Wildman–Crippen LogP) is 1.28. The zero-order valence-electron chi connectivity index (χ0n) is 12.2. The number of carbonyl (C=O) groups excluding carboxylic acids is 1. The summed E-state index contributed by atoms with van der Waals surface area (Å²) < 4.78 is 0. The van der Waals surface area contributed by atoms with Gasteiger partial charge in [0.15, 0.2) is 0 Å². The molecule has 1 amide bonds. The Balaban J connectivity index is 2.62. The fraction of sp³-hybridized carbons (Fsp3) is 0.571. The van der Waals surface area contributed by atoms with Crippen molar-refractivity contribution >= 4 is 11.7 Å². The molecular formula is C14H24N4O. The molecule has 1 aromatic rings. The van der Waals surface area contributed by atoms with Crippen LogP contribution in [0, 0.1) is 0 Å². The van der Waals surface area contributed by atoms with Gasteiger partial charge in [-0.25, -0.2) is 4.98 Å². The normalized spacial score (nSPS) is 13.7. The van der Waals surface area contributed by atoms with Crippen molar-refractivity contribution in [3.05, 3.63) is 23.9 Å². The first kappa shape index (κ1) is 15.4. The Bertz CT molecular complexity index is 429. The Kier molecular flexibility index (Phi) is 5.30. The van der Waals surface area contributed by atoms with Gasteiger partial charge < -0.3 is 16.0 Å². The quantitative estimate of drug-likeness (QED) is 0.812. The van der Waals surface area contributed by atoms with Crippen LogP contribution in [0.4, 0.5) is 5.82 Å². The molecular weight excluding hydrogens is 240 g/mol. The molecule has 1 heterocycles. The number of nitrogens with two attached hydrogens (primary N) is 1. The van der Waals surface area contributed by atoms with Gasteiger partial charge in [-0.2, -0.15) is 0 Å². The van der Waals surface area contributed by atoms with Gasteiger partial charge in [0.25, 0.3) is 0 Å². The Labute approximate surface area is 115 Å². The van der Waals surface area contributed by atoms with Crippen LogP contribution in [0.2, 0.25) is 0 Å². The van der Waals surface area contributed by atoms with Gasteiger partial charge in [0.05, 0.1) is 17.8 Å². The van der Waals surface area contributed by atoms with Crippen LogP contribution in [-0.4, -0.2) is 30.5 Å². The summed E-state index contributed by atoms with van der Waals surface area (Å²) in [7, 11) is 3.87. The van der Waals surface area contributed by atoms with Gasteiger partial charge in [-0.1, -0.05) is 19.4 Å². The molecule has 1 atom stereocenters. The van der Waals surface area contributed by atoms with Gasteiger partial charge in [-0.15, -0.1) is 0 Å². The van der Waals surface area contributed by atoms with Gasteiger partial charge in [0, 0.05) is 14.1 Å². The minimum absolute atomic E-state index is 0.133. The van der Waals surface area contributed by atoms with Crippen LogP contribution in [0.1, 0.15) is 32.4 Å². The zero-order valence-corrected chi connectivity index (χ0v) is 12.2. The van der Waals surface area contributed by atoms with Crippen molar-refractivity contribution in [3.63, 3.8) is 0 Å². The number of aromatic nitrogens is 1. The molecule has 1 unspecified atom stereocenters. The highest BCUT2D eigenvalue weighted by molar-refractivity contribution is 5.85. The fourth-order valence-corrected chi connectivity index (χ4v) is 1.82. The molecule has 3 N–H and O–H groups in total. The average Bonchev–Trinajstić information content (AvgIpc) is 2.36. The van der Waals surface area contributed by atoms with Crippen molar-refractivity contribution in [3.8, 4) is 0 Å². The lowest BCUT2D eigenvalue weighted by atomic mass is 9.96. The van der Waals surface area contributed by atoms with Gasteiger partial charge in [-0.3, -0.25) is 4.79 Å². The minimum atomic E-state index is -0.812. The second-order valence-electron chi connectivity index (χ2n) is 5.23. The highest BCUT2D eigenvalue weighted by Gasteiger charge is 2.26. The molecule has 106 valence electrons. The highest BCUT2D eigenvalue weighted by atomic mass is 16.2. The van der Waals surface area contributed by atoms with Crippen LogP contribution in [0.3, 0.4) is 0 Å². The van der Waals surface area contributed by atoms with E-state index >= 15 is 0 Å². The van der Waals surface area contributed by atoms with Crippen molar-refractivity contribution < 1.29 is 4.79 Å². The van der Waals surface area contributed by atoms with E-state index in [9.17, 15) is 4.79 Å². The van der Waals surface area contributed by atoms with E-state index in [1.807, 2.05) is 44.1 Å². The predicted molar refractivity (Wildman–Crippen MR) is 77.9 cm³/mol. The number of nitrogens with one attached hydrogen (secondary N) is 1. The van der Waals surface area contributed by atoms with E-state index in [1.165, 1.54) is 0 Å². The van der Waals surface area contributed by atoms with Crippen LogP contribution in [0.5, 0.6) is 0 Å². The maximum absolute atomic E-state index is 12.0. The van der Waals surface area contributed by atoms with Crippen molar-refractivity contribution in [2.24, 2.45) is 5.73 Å². The number of rotatable bonds is 6. The SMILES string of the molecule is CCCC(C)(N)C(=O)NCc1cccc(N(C)C)n1. The number of hydrogen-bond donors (Lipinski definition) is 2. The van der Waals surface area contributed by atoms with E-state index in [-0.39, 0.29) is 5.91 Å². The third kappa shape index (κ3) is 4.52. The summed E-state index contributed by atoms with van der Waals surface area (Å²) in [6, 6.07) is 5.74. The standard InChI is InChI=1S/C14H24N4O/c1-5-9-14(2,15)13(19)16-10-11-7-6-8-12(17-11)18(3)4/h6-8H,5,9-10,15H2,1-4H3,(H,16,19). The van der Waals surface area contributed by atoms with Gasteiger partial charge in [0.2, 0.25) is 5.91 Å². The molecule has 0 aromatic carbocycles. The van der Waals surface area contributed by atoms with Crippen LogP contribution in [-0.2, 0) is 11.3 Å². The van der Waals surface area contributed by atoms with Crippen LogP contribution in [0.25, 0.3) is 0 Å². The summed E-state index contributed by atoms with van der Waals surface area (Å²) in [5.41, 5.74) is 5.99. The van der Waals surface area contributed by atoms with Crippen LogP contribution >= 0.6 is 0 Å². The Morgan fingerprint density at radius 1 is 1.47 bits per heavy atom. The van der Waals surface area contributed by atoms with Crippen molar-refractivity contribution in [1.82, 2.24) is 10.3 Å². The lowest BCUT2D eigenvalue weighted by molar-refractivity contribution is -0.126. The van der Waals surface area contributed by atoms with Crippen molar-refractivity contribution in [2.75, 3.05) is 19.0 Å². The van der Waals surface area contributed by atoms with Crippen LogP contribution < -0.4 is 16.0 Å². The number of anilines is 1. The lowest BCUT2D eigenvalue weighted by Gasteiger charge is -2.22. The molecule has 1 aromatic heterocycles. The molecule has 0 aliphatic carbocycles. The van der Waals surface area contributed by atoms with E-state index in [0.717, 1.165) is 17.9 Å². The van der Waals surface area contributed by atoms with Crippen LogP contribution in [0.15, 0.2) is 18.2 Å². The smallest absolute Gasteiger partial charge is 0.240 e. The Morgan fingerprint density at radius 2 is 2.16 bits per heavy atom. The molecule has 0 saturated heterocycles. The summed E-state index contributed by atoms with van der Waals surface area (Å²) in [4.78, 5) is 18.3. The minimum Gasteiger partial charge on any atom is -0.363 e. The summed E-state index contributed by atoms with van der Waals surface area (Å²) in [6.45, 7) is 4.17. The molecule has 0 saturated carbocycles. The molecule has 0 radical (unpaired) electrons. The monoisotopic (exact) mass is 264 g/mol. The molecule has 0 aliphatic heterocycles. The van der Waals surface area contributed by atoms with E-state index < -0.39 is 5.54 Å². The maximum atomic E-state index is 12.0. The third-order valence-corrected chi connectivity index (χ3v) is 2.97. The summed E-state index contributed by atoms with van der Waals surface area (Å²) in [6.07, 6.45) is 1.55. The topological polar surface area (TPSA) is 71.2 Å².